The number of rotatable bonds is 9. The first-order valence-corrected chi connectivity index (χ1v) is 11.9. The van der Waals surface area contributed by atoms with Crippen LogP contribution in [-0.4, -0.2) is 39.1 Å². The van der Waals surface area contributed by atoms with Crippen LogP contribution in [0, 0.1) is 24.2 Å². The molecule has 2 N–H and O–H groups in total. The molecule has 0 aliphatic rings. The first-order valence-electron chi connectivity index (χ1n) is 11.9. The fraction of sp³-hybridized carbons (Fsp3) is 0.214. The maximum atomic E-state index is 13.4. The lowest BCUT2D eigenvalue weighted by Gasteiger charge is -2.19. The molecule has 10 heteroatoms. The highest BCUT2D eigenvalue weighted by Crippen LogP contribution is 2.26. The zero-order valence-corrected chi connectivity index (χ0v) is 20.9. The molecular formula is C28H26N6O4. The fourth-order valence-corrected chi connectivity index (χ4v) is 3.93. The van der Waals surface area contributed by atoms with Crippen LogP contribution in [0.2, 0.25) is 0 Å². The van der Waals surface area contributed by atoms with Crippen LogP contribution >= 0.6 is 0 Å². The zero-order chi connectivity index (χ0) is 27.1. The maximum Gasteiger partial charge on any atom is 0.261 e. The Morgan fingerprint density at radius 3 is 2.39 bits per heavy atom. The van der Waals surface area contributed by atoms with Crippen molar-refractivity contribution < 1.29 is 19.2 Å². The summed E-state index contributed by atoms with van der Waals surface area (Å²) in [5.41, 5.74) is 2.74. The molecule has 2 aromatic carbocycles. The van der Waals surface area contributed by atoms with Crippen LogP contribution in [0.15, 0.2) is 77.6 Å². The Balaban J connectivity index is 1.60. The van der Waals surface area contributed by atoms with E-state index in [0.717, 1.165) is 5.56 Å². The molecule has 2 heterocycles. The summed E-state index contributed by atoms with van der Waals surface area (Å²) in [6, 6.07) is 20.7. The minimum Gasteiger partial charge on any atom is -0.386 e. The van der Waals surface area contributed by atoms with Crippen LogP contribution in [0.4, 0.5) is 11.6 Å². The topological polar surface area (TPSA) is 145 Å². The lowest BCUT2D eigenvalue weighted by molar-refractivity contribution is -0.121. The van der Waals surface area contributed by atoms with Crippen molar-refractivity contribution in [1.82, 2.24) is 15.1 Å². The second-order valence-electron chi connectivity index (χ2n) is 8.62. The van der Waals surface area contributed by atoms with E-state index in [9.17, 15) is 20.0 Å². The van der Waals surface area contributed by atoms with Gasteiger partial charge >= 0.3 is 0 Å². The molecule has 0 fully saturated rings. The number of aliphatic hydroxyl groups excluding tert-OH is 1. The lowest BCUT2D eigenvalue weighted by Crippen LogP contribution is -2.30. The molecule has 0 aliphatic carbocycles. The minimum absolute atomic E-state index is 0.0773. The largest absolute Gasteiger partial charge is 0.386 e. The molecule has 10 nitrogen and oxygen atoms in total. The summed E-state index contributed by atoms with van der Waals surface area (Å²) >= 11 is 0. The number of aryl methyl sites for hydroxylation is 3. The number of carbonyl (C=O) groups is 2. The van der Waals surface area contributed by atoms with Crippen molar-refractivity contribution in [2.24, 2.45) is 5.92 Å². The smallest absolute Gasteiger partial charge is 0.261 e. The van der Waals surface area contributed by atoms with Crippen molar-refractivity contribution in [3.8, 4) is 6.07 Å². The van der Waals surface area contributed by atoms with E-state index in [0.29, 0.717) is 35.5 Å². The van der Waals surface area contributed by atoms with Gasteiger partial charge in [0.15, 0.2) is 5.92 Å². The van der Waals surface area contributed by atoms with E-state index < -0.39 is 17.9 Å². The van der Waals surface area contributed by atoms with Crippen LogP contribution in [0.3, 0.4) is 0 Å². The first-order chi connectivity index (χ1) is 18.4. The van der Waals surface area contributed by atoms with E-state index in [1.54, 1.807) is 14.0 Å². The minimum atomic E-state index is -1.46. The van der Waals surface area contributed by atoms with Crippen LogP contribution in [0.5, 0.6) is 0 Å². The summed E-state index contributed by atoms with van der Waals surface area (Å²) in [6.45, 7) is 1.57. The Bertz CT molecular complexity index is 1450. The SMILES string of the molecule is Cc1oncc1C(O)C(C#N)C(=O)Nc1ncc(C(=O)N(C)c2ccccc2)c(CCc2ccccc2)n1. The molecule has 2 atom stereocenters. The van der Waals surface area contributed by atoms with Crippen LogP contribution in [0.1, 0.15) is 39.0 Å². The average molecular weight is 511 g/mol. The molecule has 192 valence electrons. The highest BCUT2D eigenvalue weighted by molar-refractivity contribution is 6.06. The predicted octanol–water partition coefficient (Wildman–Crippen LogP) is 3.65. The molecule has 0 bridgehead atoms. The van der Waals surface area contributed by atoms with Crippen LogP contribution in [-0.2, 0) is 17.6 Å². The van der Waals surface area contributed by atoms with Crippen LogP contribution in [0.25, 0.3) is 0 Å². The lowest BCUT2D eigenvalue weighted by atomic mass is 9.97. The number of benzene rings is 2. The standard InChI is InChI=1S/C28H26N6O4/c1-18-22(17-31-38-18)25(35)21(15-29)26(36)33-28-30-16-23(27(37)34(2)20-11-7-4-8-12-20)24(32-28)14-13-19-9-5-3-6-10-19/h3-12,16-17,21,25,35H,13-14H2,1-2H3,(H,30,32,33,36). The number of aromatic nitrogens is 3. The van der Waals surface area contributed by atoms with Gasteiger partial charge in [0.2, 0.25) is 11.9 Å². The molecule has 0 radical (unpaired) electrons. The third-order valence-electron chi connectivity index (χ3n) is 6.12. The second-order valence-corrected chi connectivity index (χ2v) is 8.62. The van der Waals surface area contributed by atoms with Gasteiger partial charge in [-0.05, 0) is 37.5 Å². The van der Waals surface area contributed by atoms with Crippen molar-refractivity contribution in [1.29, 1.82) is 5.26 Å². The Morgan fingerprint density at radius 1 is 1.08 bits per heavy atom. The highest BCUT2D eigenvalue weighted by atomic mass is 16.5. The summed E-state index contributed by atoms with van der Waals surface area (Å²) in [7, 11) is 1.67. The van der Waals surface area contributed by atoms with Gasteiger partial charge in [-0.25, -0.2) is 9.97 Å². The van der Waals surface area contributed by atoms with Gasteiger partial charge < -0.3 is 14.5 Å². The molecule has 2 amide bonds. The Hall–Kier alpha value is -4.88. The van der Waals surface area contributed by atoms with Crippen molar-refractivity contribution in [3.63, 3.8) is 0 Å². The van der Waals surface area contributed by atoms with E-state index in [1.807, 2.05) is 66.7 Å². The van der Waals surface area contributed by atoms with Gasteiger partial charge in [0.1, 0.15) is 11.9 Å². The van der Waals surface area contributed by atoms with Crippen molar-refractivity contribution in [2.75, 3.05) is 17.3 Å². The first kappa shape index (κ1) is 26.2. The van der Waals surface area contributed by atoms with Gasteiger partial charge in [0.25, 0.3) is 5.91 Å². The van der Waals surface area contributed by atoms with Crippen molar-refractivity contribution >= 4 is 23.5 Å². The highest BCUT2D eigenvalue weighted by Gasteiger charge is 2.31. The van der Waals surface area contributed by atoms with Crippen molar-refractivity contribution in [2.45, 2.75) is 25.9 Å². The van der Waals surface area contributed by atoms with Crippen LogP contribution < -0.4 is 10.2 Å². The zero-order valence-electron chi connectivity index (χ0n) is 20.9. The molecular weight excluding hydrogens is 484 g/mol. The quantitative estimate of drug-likeness (QED) is 0.347. The summed E-state index contributed by atoms with van der Waals surface area (Å²) in [4.78, 5) is 36.4. The van der Waals surface area contributed by atoms with Gasteiger partial charge in [-0.1, -0.05) is 53.7 Å². The van der Waals surface area contributed by atoms with E-state index in [4.69, 9.17) is 4.52 Å². The average Bonchev–Trinajstić information content (AvgIpc) is 3.38. The number of amides is 2. The number of hydrogen-bond donors (Lipinski definition) is 2. The van der Waals surface area contributed by atoms with Gasteiger partial charge in [-0.3, -0.25) is 14.9 Å². The number of nitriles is 1. The molecule has 0 saturated carbocycles. The van der Waals surface area contributed by atoms with E-state index >= 15 is 0 Å². The summed E-state index contributed by atoms with van der Waals surface area (Å²) in [5, 5.41) is 26.2. The number of anilines is 2. The maximum absolute atomic E-state index is 13.4. The van der Waals surface area contributed by atoms with Gasteiger partial charge in [0, 0.05) is 24.5 Å². The summed E-state index contributed by atoms with van der Waals surface area (Å²) < 4.78 is 4.93. The molecule has 4 rings (SSSR count). The third-order valence-corrected chi connectivity index (χ3v) is 6.12. The molecule has 4 aromatic rings. The van der Waals surface area contributed by atoms with E-state index in [-0.39, 0.29) is 17.4 Å². The van der Waals surface area contributed by atoms with Gasteiger partial charge in [-0.15, -0.1) is 0 Å². The number of para-hydroxylation sites is 1. The summed E-state index contributed by atoms with van der Waals surface area (Å²) in [6.07, 6.45) is 2.19. The predicted molar refractivity (Wildman–Crippen MR) is 139 cm³/mol. The Kier molecular flexibility index (Phi) is 8.20. The molecule has 2 aromatic heterocycles. The monoisotopic (exact) mass is 510 g/mol. The molecule has 0 aliphatic heterocycles. The molecule has 0 saturated heterocycles. The van der Waals surface area contributed by atoms with E-state index in [1.165, 1.54) is 17.3 Å². The van der Waals surface area contributed by atoms with Gasteiger partial charge in [0.05, 0.1) is 23.5 Å². The summed E-state index contributed by atoms with van der Waals surface area (Å²) in [5.74, 6) is -2.34. The number of hydrogen-bond acceptors (Lipinski definition) is 8. The number of nitrogens with zero attached hydrogens (tertiary/aromatic N) is 5. The van der Waals surface area contributed by atoms with Gasteiger partial charge in [-0.2, -0.15) is 5.26 Å². The molecule has 2 unspecified atom stereocenters. The van der Waals surface area contributed by atoms with Crippen molar-refractivity contribution in [3.05, 3.63) is 101 Å². The second kappa shape index (κ2) is 11.9. The Labute approximate surface area is 219 Å². The van der Waals surface area contributed by atoms with E-state index in [2.05, 4.69) is 20.4 Å². The molecule has 0 spiro atoms. The third kappa shape index (κ3) is 5.91. The molecule has 38 heavy (non-hydrogen) atoms. The number of aliphatic hydroxyl groups is 1. The number of carbonyl (C=O) groups excluding carboxylic acids is 2. The normalized spacial score (nSPS) is 12.3. The fourth-order valence-electron chi connectivity index (χ4n) is 3.93. The number of nitrogens with one attached hydrogen (secondary N) is 1. The Morgan fingerprint density at radius 2 is 1.76 bits per heavy atom.